The van der Waals surface area contributed by atoms with Crippen LogP contribution in [0.2, 0.25) is 0 Å². The monoisotopic (exact) mass is 290 g/mol. The maximum absolute atomic E-state index is 12.0. The second kappa shape index (κ2) is 7.43. The molecule has 21 heavy (non-hydrogen) atoms. The van der Waals surface area contributed by atoms with Gasteiger partial charge in [-0.05, 0) is 57.6 Å². The first-order chi connectivity index (χ1) is 10.0. The van der Waals surface area contributed by atoms with Gasteiger partial charge in [-0.3, -0.25) is 9.69 Å². The Morgan fingerprint density at radius 1 is 1.38 bits per heavy atom. The van der Waals surface area contributed by atoms with Crippen molar-refractivity contribution in [3.63, 3.8) is 0 Å². The fraction of sp³-hybridized carbons (Fsp3) is 0.562. The first kappa shape index (κ1) is 15.8. The number of anilines is 2. The molecule has 0 bridgehead atoms. The van der Waals surface area contributed by atoms with Crippen LogP contribution in [0.15, 0.2) is 18.2 Å². The third-order valence-electron chi connectivity index (χ3n) is 3.97. The van der Waals surface area contributed by atoms with Crippen LogP contribution < -0.4 is 11.1 Å². The molecular weight excluding hydrogens is 264 g/mol. The van der Waals surface area contributed by atoms with E-state index < -0.39 is 0 Å². The summed E-state index contributed by atoms with van der Waals surface area (Å²) in [6, 6.07) is 5.60. The van der Waals surface area contributed by atoms with Crippen molar-refractivity contribution >= 4 is 17.3 Å². The van der Waals surface area contributed by atoms with Gasteiger partial charge in [0.2, 0.25) is 5.91 Å². The average molecular weight is 290 g/mol. The number of carbonyl (C=O) groups excluding carboxylic acids is 1. The highest BCUT2D eigenvalue weighted by atomic mass is 16.2. The van der Waals surface area contributed by atoms with Gasteiger partial charge in [0.05, 0.1) is 6.54 Å². The Kier molecular flexibility index (Phi) is 5.59. The zero-order valence-electron chi connectivity index (χ0n) is 13.1. The molecule has 1 aliphatic heterocycles. The lowest BCUT2D eigenvalue weighted by Crippen LogP contribution is -2.36. The molecule has 1 aromatic rings. The van der Waals surface area contributed by atoms with Gasteiger partial charge in [-0.25, -0.2) is 0 Å². The van der Waals surface area contributed by atoms with Crippen LogP contribution in [-0.4, -0.2) is 55.5 Å². The van der Waals surface area contributed by atoms with Gasteiger partial charge in [-0.15, -0.1) is 0 Å². The number of nitrogens with one attached hydrogen (secondary N) is 1. The molecule has 0 atom stereocenters. The standard InChI is InChI=1S/C16H26N4O/c1-13-5-6-14(11-15(13)17)18-16(21)12-19(2)9-10-20-7-3-4-8-20/h5-6,11H,3-4,7-10,12,17H2,1-2H3,(H,18,21). The molecule has 0 unspecified atom stereocenters. The van der Waals surface area contributed by atoms with Crippen LogP contribution in [0.4, 0.5) is 11.4 Å². The number of amides is 1. The van der Waals surface area contributed by atoms with E-state index in [1.54, 1.807) is 6.07 Å². The maximum Gasteiger partial charge on any atom is 0.238 e. The molecule has 5 nitrogen and oxygen atoms in total. The number of rotatable bonds is 6. The molecule has 1 heterocycles. The lowest BCUT2D eigenvalue weighted by atomic mass is 10.2. The quantitative estimate of drug-likeness (QED) is 0.780. The van der Waals surface area contributed by atoms with Crippen molar-refractivity contribution in [2.45, 2.75) is 19.8 Å². The van der Waals surface area contributed by atoms with Crippen molar-refractivity contribution in [3.8, 4) is 0 Å². The van der Waals surface area contributed by atoms with Crippen LogP contribution in [-0.2, 0) is 4.79 Å². The molecule has 1 fully saturated rings. The Morgan fingerprint density at radius 3 is 2.76 bits per heavy atom. The summed E-state index contributed by atoms with van der Waals surface area (Å²) in [6.45, 7) is 6.71. The Hall–Kier alpha value is -1.59. The molecule has 1 aromatic carbocycles. The molecule has 1 amide bonds. The number of carbonyl (C=O) groups is 1. The smallest absolute Gasteiger partial charge is 0.238 e. The van der Waals surface area contributed by atoms with Gasteiger partial charge >= 0.3 is 0 Å². The lowest BCUT2D eigenvalue weighted by Gasteiger charge is -2.20. The van der Waals surface area contributed by atoms with Gasteiger partial charge in [0.15, 0.2) is 0 Å². The zero-order valence-corrected chi connectivity index (χ0v) is 13.1. The number of hydrogen-bond donors (Lipinski definition) is 2. The highest BCUT2D eigenvalue weighted by Crippen LogP contribution is 2.16. The van der Waals surface area contributed by atoms with Crippen LogP contribution in [0.25, 0.3) is 0 Å². The van der Waals surface area contributed by atoms with Crippen molar-refractivity contribution in [2.24, 2.45) is 0 Å². The highest BCUT2D eigenvalue weighted by molar-refractivity contribution is 5.92. The summed E-state index contributed by atoms with van der Waals surface area (Å²) in [5, 5.41) is 2.89. The molecule has 0 aromatic heterocycles. The summed E-state index contributed by atoms with van der Waals surface area (Å²) in [5.74, 6) is 0.00201. The van der Waals surface area contributed by atoms with E-state index in [9.17, 15) is 4.79 Å². The largest absolute Gasteiger partial charge is 0.398 e. The van der Waals surface area contributed by atoms with Gasteiger partial charge in [0.1, 0.15) is 0 Å². The normalized spacial score (nSPS) is 15.6. The predicted octanol–water partition coefficient (Wildman–Crippen LogP) is 1.54. The highest BCUT2D eigenvalue weighted by Gasteiger charge is 2.13. The van der Waals surface area contributed by atoms with Crippen molar-refractivity contribution in [2.75, 3.05) is 50.8 Å². The Labute approximate surface area is 127 Å². The van der Waals surface area contributed by atoms with E-state index in [0.717, 1.165) is 24.3 Å². The second-order valence-electron chi connectivity index (χ2n) is 5.91. The van der Waals surface area contributed by atoms with Crippen molar-refractivity contribution < 1.29 is 4.79 Å². The van der Waals surface area contributed by atoms with Gasteiger partial charge < -0.3 is 16.0 Å². The summed E-state index contributed by atoms with van der Waals surface area (Å²) in [4.78, 5) is 16.5. The lowest BCUT2D eigenvalue weighted by molar-refractivity contribution is -0.117. The van der Waals surface area contributed by atoms with Gasteiger partial charge in [0, 0.05) is 24.5 Å². The van der Waals surface area contributed by atoms with E-state index in [1.165, 1.54) is 25.9 Å². The Balaban J connectivity index is 1.73. The third kappa shape index (κ3) is 5.02. The minimum atomic E-state index is 0.00201. The van der Waals surface area contributed by atoms with Gasteiger partial charge in [-0.1, -0.05) is 6.07 Å². The number of nitrogens with two attached hydrogens (primary N) is 1. The number of aryl methyl sites for hydroxylation is 1. The van der Waals surface area contributed by atoms with Gasteiger partial charge in [-0.2, -0.15) is 0 Å². The predicted molar refractivity (Wildman–Crippen MR) is 87.4 cm³/mol. The van der Waals surface area contributed by atoms with Crippen molar-refractivity contribution in [1.82, 2.24) is 9.80 Å². The van der Waals surface area contributed by atoms with Crippen LogP contribution >= 0.6 is 0 Å². The number of likely N-dealkylation sites (tertiary alicyclic amines) is 1. The van der Waals surface area contributed by atoms with E-state index in [1.807, 2.05) is 26.1 Å². The van der Waals surface area contributed by atoms with E-state index in [4.69, 9.17) is 5.73 Å². The van der Waals surface area contributed by atoms with E-state index in [2.05, 4.69) is 15.1 Å². The molecule has 2 rings (SSSR count). The molecule has 1 aliphatic rings. The first-order valence-electron chi connectivity index (χ1n) is 7.61. The molecule has 0 aliphatic carbocycles. The number of hydrogen-bond acceptors (Lipinski definition) is 4. The Morgan fingerprint density at radius 2 is 2.10 bits per heavy atom. The fourth-order valence-corrected chi connectivity index (χ4v) is 2.56. The molecule has 0 spiro atoms. The topological polar surface area (TPSA) is 61.6 Å². The number of nitrogen functional groups attached to an aromatic ring is 1. The van der Waals surface area contributed by atoms with Crippen LogP contribution in [0.3, 0.4) is 0 Å². The average Bonchev–Trinajstić information content (AvgIpc) is 2.94. The summed E-state index contributed by atoms with van der Waals surface area (Å²) < 4.78 is 0. The summed E-state index contributed by atoms with van der Waals surface area (Å²) in [5.41, 5.74) is 8.34. The molecular formula is C16H26N4O. The molecule has 116 valence electrons. The van der Waals surface area contributed by atoms with Crippen LogP contribution in [0.5, 0.6) is 0 Å². The van der Waals surface area contributed by atoms with E-state index in [0.29, 0.717) is 12.2 Å². The van der Waals surface area contributed by atoms with E-state index >= 15 is 0 Å². The van der Waals surface area contributed by atoms with Crippen LogP contribution in [0, 0.1) is 6.92 Å². The molecule has 0 radical (unpaired) electrons. The fourth-order valence-electron chi connectivity index (χ4n) is 2.56. The maximum atomic E-state index is 12.0. The third-order valence-corrected chi connectivity index (χ3v) is 3.97. The molecule has 1 saturated heterocycles. The van der Waals surface area contributed by atoms with Crippen LogP contribution in [0.1, 0.15) is 18.4 Å². The van der Waals surface area contributed by atoms with Gasteiger partial charge in [0.25, 0.3) is 0 Å². The zero-order chi connectivity index (χ0) is 15.2. The number of nitrogens with zero attached hydrogens (tertiary/aromatic N) is 2. The van der Waals surface area contributed by atoms with Crippen molar-refractivity contribution in [1.29, 1.82) is 0 Å². The number of likely N-dealkylation sites (N-methyl/N-ethyl adjacent to an activating group) is 1. The minimum Gasteiger partial charge on any atom is -0.398 e. The van der Waals surface area contributed by atoms with Crippen molar-refractivity contribution in [3.05, 3.63) is 23.8 Å². The second-order valence-corrected chi connectivity index (χ2v) is 5.91. The Bertz CT molecular complexity index is 483. The number of benzene rings is 1. The molecule has 3 N–H and O–H groups in total. The summed E-state index contributed by atoms with van der Waals surface area (Å²) >= 11 is 0. The minimum absolute atomic E-state index is 0.00201. The first-order valence-corrected chi connectivity index (χ1v) is 7.61. The molecule has 0 saturated carbocycles. The summed E-state index contributed by atoms with van der Waals surface area (Å²) in [7, 11) is 1.99. The summed E-state index contributed by atoms with van der Waals surface area (Å²) in [6.07, 6.45) is 2.61. The van der Waals surface area contributed by atoms with E-state index in [-0.39, 0.29) is 5.91 Å². The SMILES string of the molecule is Cc1ccc(NC(=O)CN(C)CCN2CCCC2)cc1N. The molecule has 5 heteroatoms.